The Labute approximate surface area is 119 Å². The summed E-state index contributed by atoms with van der Waals surface area (Å²) in [6.45, 7) is 0. The van der Waals surface area contributed by atoms with Gasteiger partial charge >= 0.3 is 37.7 Å². The first kappa shape index (κ1) is 24.7. The SMILES string of the molecule is O.O.O=C([O-])CC(O)(CC(=O)[O-])C(=O)[O-].[Ca+2]. The Bertz CT molecular complexity index is 234. The van der Waals surface area contributed by atoms with E-state index in [-0.39, 0.29) is 48.7 Å². The number of carbonyl (C=O) groups is 3. The predicted molar refractivity (Wildman–Crippen MR) is 42.2 cm³/mol. The minimum Gasteiger partial charge on any atom is -0.550 e. The van der Waals surface area contributed by atoms with E-state index in [4.69, 9.17) is 5.11 Å². The largest absolute Gasteiger partial charge is 2.00 e. The Morgan fingerprint density at radius 2 is 1.19 bits per heavy atom. The van der Waals surface area contributed by atoms with Crippen LogP contribution < -0.4 is 15.3 Å². The van der Waals surface area contributed by atoms with Crippen LogP contribution in [0.5, 0.6) is 0 Å². The first-order valence-electron chi connectivity index (χ1n) is 3.11. The van der Waals surface area contributed by atoms with E-state index in [0.717, 1.165) is 0 Å². The molecule has 0 aromatic carbocycles. The number of aliphatic carboxylic acids is 3. The van der Waals surface area contributed by atoms with E-state index in [1.807, 2.05) is 0 Å². The molecule has 0 aliphatic heterocycles. The monoisotopic (exact) mass is 265 g/mol. The van der Waals surface area contributed by atoms with Crippen molar-refractivity contribution in [3.05, 3.63) is 0 Å². The molecule has 0 bridgehead atoms. The summed E-state index contributed by atoms with van der Waals surface area (Å²) < 4.78 is 0. The smallest absolute Gasteiger partial charge is 0.550 e. The van der Waals surface area contributed by atoms with Gasteiger partial charge in [-0.15, -0.1) is 0 Å². The summed E-state index contributed by atoms with van der Waals surface area (Å²) in [5.41, 5.74) is -2.97. The zero-order chi connectivity index (χ0) is 10.6. The van der Waals surface area contributed by atoms with Crippen molar-refractivity contribution in [3.8, 4) is 0 Å². The fraction of sp³-hybridized carbons (Fsp3) is 0.500. The van der Waals surface area contributed by atoms with Gasteiger partial charge in [-0.1, -0.05) is 0 Å². The molecule has 10 heteroatoms. The summed E-state index contributed by atoms with van der Waals surface area (Å²) >= 11 is 0. The van der Waals surface area contributed by atoms with Crippen molar-refractivity contribution >= 4 is 55.6 Å². The Morgan fingerprint density at radius 1 is 0.938 bits per heavy atom. The summed E-state index contributed by atoms with van der Waals surface area (Å²) in [5.74, 6) is -5.98. The molecule has 0 amide bonds. The molecule has 0 saturated carbocycles. The van der Waals surface area contributed by atoms with E-state index in [1.54, 1.807) is 0 Å². The van der Waals surface area contributed by atoms with Crippen molar-refractivity contribution in [2.45, 2.75) is 18.4 Å². The van der Waals surface area contributed by atoms with Gasteiger partial charge in [-0.2, -0.15) is 0 Å². The van der Waals surface area contributed by atoms with Crippen LogP contribution in [-0.2, 0) is 14.4 Å². The molecule has 0 atom stereocenters. The molecule has 0 fully saturated rings. The maximum absolute atomic E-state index is 10.1. The molecule has 0 saturated heterocycles. The number of carboxylic acid groups (broad SMARTS) is 3. The normalized spacial score (nSPS) is 8.81. The molecule has 0 aliphatic rings. The molecule has 5 N–H and O–H groups in total. The van der Waals surface area contributed by atoms with Gasteiger partial charge in [0.15, 0.2) is 0 Å². The van der Waals surface area contributed by atoms with Crippen molar-refractivity contribution < 1.29 is 45.8 Å². The van der Waals surface area contributed by atoms with Crippen LogP contribution in [0.3, 0.4) is 0 Å². The van der Waals surface area contributed by atoms with Gasteiger partial charge in [0.2, 0.25) is 0 Å². The number of hydrogen-bond donors (Lipinski definition) is 1. The molecule has 16 heavy (non-hydrogen) atoms. The van der Waals surface area contributed by atoms with Gasteiger partial charge in [0.1, 0.15) is 5.60 Å². The topological polar surface area (TPSA) is 204 Å². The maximum atomic E-state index is 10.1. The molecule has 0 spiro atoms. The number of carbonyl (C=O) groups excluding carboxylic acids is 3. The summed E-state index contributed by atoms with van der Waals surface area (Å²) in [5, 5.41) is 38.9. The van der Waals surface area contributed by atoms with Crippen LogP contribution >= 0.6 is 0 Å². The van der Waals surface area contributed by atoms with Gasteiger partial charge in [0, 0.05) is 24.8 Å². The average molecular weight is 265 g/mol. The van der Waals surface area contributed by atoms with Crippen LogP contribution in [0.2, 0.25) is 0 Å². The van der Waals surface area contributed by atoms with Crippen molar-refractivity contribution in [2.75, 3.05) is 0 Å². The average Bonchev–Trinajstić information content (AvgIpc) is 1.82. The van der Waals surface area contributed by atoms with Gasteiger partial charge in [0.25, 0.3) is 0 Å². The van der Waals surface area contributed by atoms with E-state index >= 15 is 0 Å². The number of hydrogen-bond acceptors (Lipinski definition) is 7. The third-order valence-electron chi connectivity index (χ3n) is 1.25. The van der Waals surface area contributed by atoms with Crippen LogP contribution in [0.25, 0.3) is 0 Å². The van der Waals surface area contributed by atoms with Crippen LogP contribution in [0, 0.1) is 0 Å². The maximum Gasteiger partial charge on any atom is 2.00 e. The van der Waals surface area contributed by atoms with E-state index in [1.165, 1.54) is 0 Å². The minimum absolute atomic E-state index is 0. The van der Waals surface area contributed by atoms with Crippen LogP contribution in [-0.4, -0.2) is 77.3 Å². The first-order valence-corrected chi connectivity index (χ1v) is 3.11. The van der Waals surface area contributed by atoms with E-state index in [9.17, 15) is 29.7 Å². The second kappa shape index (κ2) is 9.75. The molecule has 0 unspecified atom stereocenters. The Kier molecular flexibility index (Phi) is 15.0. The molecule has 0 radical (unpaired) electrons. The molecule has 0 heterocycles. The predicted octanol–water partition coefficient (Wildman–Crippen LogP) is -7.28. The molecule has 0 aliphatic carbocycles. The molecule has 0 aromatic heterocycles. The van der Waals surface area contributed by atoms with Gasteiger partial charge < -0.3 is 45.8 Å². The summed E-state index contributed by atoms with van der Waals surface area (Å²) in [4.78, 5) is 30.0. The van der Waals surface area contributed by atoms with Crippen molar-refractivity contribution in [3.63, 3.8) is 0 Å². The van der Waals surface area contributed by atoms with Gasteiger partial charge in [-0.05, 0) is 0 Å². The number of rotatable bonds is 5. The van der Waals surface area contributed by atoms with Gasteiger partial charge in [-0.25, -0.2) is 0 Å². The fourth-order valence-corrected chi connectivity index (χ4v) is 0.684. The zero-order valence-corrected chi connectivity index (χ0v) is 10.2. The van der Waals surface area contributed by atoms with Crippen LogP contribution in [0.1, 0.15) is 12.8 Å². The molecule has 90 valence electrons. The number of carboxylic acids is 3. The Hall–Kier alpha value is -0.450. The van der Waals surface area contributed by atoms with E-state index in [0.29, 0.717) is 0 Å². The quantitative estimate of drug-likeness (QED) is 0.474. The Morgan fingerprint density at radius 3 is 1.31 bits per heavy atom. The molecule has 0 rings (SSSR count). The summed E-state index contributed by atoms with van der Waals surface area (Å²) in [7, 11) is 0. The molecular formula is C6H9CaO9-. The summed E-state index contributed by atoms with van der Waals surface area (Å²) in [6.07, 6.45) is -2.72. The van der Waals surface area contributed by atoms with Crippen LogP contribution in [0.4, 0.5) is 0 Å². The van der Waals surface area contributed by atoms with Gasteiger partial charge in [0.05, 0.1) is 5.97 Å². The standard InChI is InChI=1S/C6H8O7.Ca.2H2O/c7-3(8)1-6(13,5(11)12)2-4(9)10;;;/h13H,1-2H2,(H,7,8)(H,9,10)(H,11,12);;2*1H2/q;+2;;/p-3. The third-order valence-corrected chi connectivity index (χ3v) is 1.25. The third kappa shape index (κ3) is 8.83. The minimum atomic E-state index is -2.97. The van der Waals surface area contributed by atoms with Crippen LogP contribution in [0.15, 0.2) is 0 Å². The van der Waals surface area contributed by atoms with Crippen molar-refractivity contribution in [1.29, 1.82) is 0 Å². The molecular weight excluding hydrogens is 256 g/mol. The second-order valence-electron chi connectivity index (χ2n) is 2.42. The summed E-state index contributed by atoms with van der Waals surface area (Å²) in [6, 6.07) is 0. The zero-order valence-electron chi connectivity index (χ0n) is 8.02. The Balaban J connectivity index is -0.000000240. The van der Waals surface area contributed by atoms with Crippen molar-refractivity contribution in [2.24, 2.45) is 0 Å². The number of aliphatic hydroxyl groups is 1. The van der Waals surface area contributed by atoms with E-state index in [2.05, 4.69) is 0 Å². The van der Waals surface area contributed by atoms with Gasteiger partial charge in [-0.3, -0.25) is 0 Å². The molecule has 9 nitrogen and oxygen atoms in total. The van der Waals surface area contributed by atoms with Crippen molar-refractivity contribution in [1.82, 2.24) is 0 Å². The second-order valence-corrected chi connectivity index (χ2v) is 2.42. The molecule has 0 aromatic rings. The van der Waals surface area contributed by atoms with E-state index < -0.39 is 36.4 Å². The fourth-order valence-electron chi connectivity index (χ4n) is 0.684. The first-order chi connectivity index (χ1) is 5.78.